The first-order valence-corrected chi connectivity index (χ1v) is 5.60. The van der Waals surface area contributed by atoms with Crippen LogP contribution in [0.1, 0.15) is 0 Å². The lowest BCUT2D eigenvalue weighted by molar-refractivity contribution is 0.174. The number of hydrogen-bond donors (Lipinski definition) is 0. The molecular weight excluding hydrogens is 230 g/mol. The summed E-state index contributed by atoms with van der Waals surface area (Å²) in [7, 11) is 0. The molecule has 1 aromatic carbocycles. The Morgan fingerprint density at radius 3 is 3.11 bits per heavy atom. The van der Waals surface area contributed by atoms with Gasteiger partial charge in [-0.1, -0.05) is 12.1 Å². The lowest BCUT2D eigenvalue weighted by atomic mass is 10.1. The number of pyridine rings is 1. The van der Waals surface area contributed by atoms with Gasteiger partial charge in [-0.2, -0.15) is 5.10 Å². The molecule has 5 nitrogen and oxygen atoms in total. The standard InChI is InChI=1S/C13H9N3O2/c1-2-10(13-11(3-1)17-8-18-13)9-4-5-12-14-7-15-16(12)6-9/h1-7H,8H2. The SMILES string of the molecule is c1cc2c(c(-c3ccc4ncnn4c3)c1)OCO2. The van der Waals surface area contributed by atoms with Crippen molar-refractivity contribution in [3.63, 3.8) is 0 Å². The van der Waals surface area contributed by atoms with Crippen LogP contribution in [-0.4, -0.2) is 21.4 Å². The molecule has 1 aliphatic heterocycles. The van der Waals surface area contributed by atoms with Crippen molar-refractivity contribution in [2.75, 3.05) is 6.79 Å². The van der Waals surface area contributed by atoms with Crippen molar-refractivity contribution < 1.29 is 9.47 Å². The summed E-state index contributed by atoms with van der Waals surface area (Å²) in [5.41, 5.74) is 2.85. The highest BCUT2D eigenvalue weighted by atomic mass is 16.7. The first-order chi connectivity index (χ1) is 8.92. The van der Waals surface area contributed by atoms with Gasteiger partial charge in [0.05, 0.1) is 0 Å². The first kappa shape index (κ1) is 9.47. The van der Waals surface area contributed by atoms with Gasteiger partial charge in [0.15, 0.2) is 17.1 Å². The van der Waals surface area contributed by atoms with Crippen molar-refractivity contribution >= 4 is 5.65 Å². The van der Waals surface area contributed by atoms with Crippen molar-refractivity contribution in [2.45, 2.75) is 0 Å². The second-order valence-corrected chi connectivity index (χ2v) is 4.02. The van der Waals surface area contributed by atoms with Crippen molar-refractivity contribution in [3.8, 4) is 22.6 Å². The molecule has 0 bridgehead atoms. The molecule has 88 valence electrons. The highest BCUT2D eigenvalue weighted by molar-refractivity contribution is 5.74. The number of benzene rings is 1. The molecular formula is C13H9N3O2. The summed E-state index contributed by atoms with van der Waals surface area (Å²) in [5.74, 6) is 1.57. The van der Waals surface area contributed by atoms with E-state index < -0.39 is 0 Å². The summed E-state index contributed by atoms with van der Waals surface area (Å²) in [5, 5.41) is 4.13. The van der Waals surface area contributed by atoms with Crippen LogP contribution in [0.25, 0.3) is 16.8 Å². The molecule has 0 aliphatic carbocycles. The minimum atomic E-state index is 0.276. The van der Waals surface area contributed by atoms with Gasteiger partial charge in [0.25, 0.3) is 0 Å². The maximum absolute atomic E-state index is 5.51. The number of hydrogen-bond acceptors (Lipinski definition) is 4. The molecule has 0 amide bonds. The monoisotopic (exact) mass is 239 g/mol. The van der Waals surface area contributed by atoms with E-state index in [1.54, 1.807) is 4.52 Å². The predicted molar refractivity (Wildman–Crippen MR) is 64.5 cm³/mol. The third-order valence-electron chi connectivity index (χ3n) is 2.98. The number of ether oxygens (including phenoxy) is 2. The quantitative estimate of drug-likeness (QED) is 0.652. The molecule has 2 aromatic heterocycles. The van der Waals surface area contributed by atoms with Gasteiger partial charge >= 0.3 is 0 Å². The van der Waals surface area contributed by atoms with Crippen LogP contribution < -0.4 is 9.47 Å². The third kappa shape index (κ3) is 1.27. The van der Waals surface area contributed by atoms with E-state index in [0.717, 1.165) is 28.3 Å². The lowest BCUT2D eigenvalue weighted by Crippen LogP contribution is -1.94. The normalized spacial score (nSPS) is 13.1. The Morgan fingerprint density at radius 1 is 1.11 bits per heavy atom. The summed E-state index contributed by atoms with van der Waals surface area (Å²) in [6.45, 7) is 0.276. The van der Waals surface area contributed by atoms with Gasteiger partial charge in [-0.05, 0) is 18.2 Å². The molecule has 0 N–H and O–H groups in total. The molecule has 5 heteroatoms. The van der Waals surface area contributed by atoms with Crippen LogP contribution >= 0.6 is 0 Å². The number of rotatable bonds is 1. The maximum atomic E-state index is 5.51. The second kappa shape index (κ2) is 3.46. The van der Waals surface area contributed by atoms with Gasteiger partial charge in [0.2, 0.25) is 6.79 Å². The summed E-state index contributed by atoms with van der Waals surface area (Å²) >= 11 is 0. The van der Waals surface area contributed by atoms with E-state index in [0.29, 0.717) is 0 Å². The molecule has 4 rings (SSSR count). The molecule has 0 saturated heterocycles. The second-order valence-electron chi connectivity index (χ2n) is 4.02. The van der Waals surface area contributed by atoms with Crippen molar-refractivity contribution in [2.24, 2.45) is 0 Å². The van der Waals surface area contributed by atoms with E-state index in [1.807, 2.05) is 36.5 Å². The molecule has 0 radical (unpaired) electrons. The summed E-state index contributed by atoms with van der Waals surface area (Å²) in [6, 6.07) is 9.79. The van der Waals surface area contributed by atoms with Gasteiger partial charge in [-0.15, -0.1) is 0 Å². The zero-order valence-electron chi connectivity index (χ0n) is 9.41. The average Bonchev–Trinajstić information content (AvgIpc) is 3.05. The molecule has 0 spiro atoms. The Labute approximate surface area is 103 Å². The van der Waals surface area contributed by atoms with E-state index >= 15 is 0 Å². The summed E-state index contributed by atoms with van der Waals surface area (Å²) in [6.07, 6.45) is 3.47. The number of nitrogens with zero attached hydrogens (tertiary/aromatic N) is 3. The van der Waals surface area contributed by atoms with Crippen LogP contribution in [0.15, 0.2) is 42.9 Å². The van der Waals surface area contributed by atoms with Crippen molar-refractivity contribution in [3.05, 3.63) is 42.9 Å². The fourth-order valence-corrected chi connectivity index (χ4v) is 2.13. The molecule has 18 heavy (non-hydrogen) atoms. The van der Waals surface area contributed by atoms with E-state index in [2.05, 4.69) is 10.1 Å². The minimum Gasteiger partial charge on any atom is -0.454 e. The van der Waals surface area contributed by atoms with E-state index in [1.165, 1.54) is 6.33 Å². The predicted octanol–water partition coefficient (Wildman–Crippen LogP) is 2.12. The number of para-hydroxylation sites is 1. The highest BCUT2D eigenvalue weighted by Gasteiger charge is 2.18. The van der Waals surface area contributed by atoms with Gasteiger partial charge < -0.3 is 9.47 Å². The Kier molecular flexibility index (Phi) is 1.82. The Hall–Kier alpha value is -2.56. The Morgan fingerprint density at radius 2 is 2.11 bits per heavy atom. The minimum absolute atomic E-state index is 0.276. The van der Waals surface area contributed by atoms with Gasteiger partial charge in [-0.25, -0.2) is 9.50 Å². The van der Waals surface area contributed by atoms with E-state index in [-0.39, 0.29) is 6.79 Å². The van der Waals surface area contributed by atoms with Crippen LogP contribution in [-0.2, 0) is 0 Å². The fraction of sp³-hybridized carbons (Fsp3) is 0.0769. The van der Waals surface area contributed by atoms with Crippen LogP contribution in [0.5, 0.6) is 11.5 Å². The summed E-state index contributed by atoms with van der Waals surface area (Å²) < 4.78 is 12.6. The molecule has 3 aromatic rings. The smallest absolute Gasteiger partial charge is 0.231 e. The van der Waals surface area contributed by atoms with Gasteiger partial charge in [0.1, 0.15) is 6.33 Å². The fourth-order valence-electron chi connectivity index (χ4n) is 2.13. The topological polar surface area (TPSA) is 48.7 Å². The number of fused-ring (bicyclic) bond motifs is 2. The highest BCUT2D eigenvalue weighted by Crippen LogP contribution is 2.40. The Balaban J connectivity index is 1.94. The zero-order valence-corrected chi connectivity index (χ0v) is 9.41. The van der Waals surface area contributed by atoms with Crippen LogP contribution in [0.2, 0.25) is 0 Å². The van der Waals surface area contributed by atoms with Gasteiger partial charge in [0, 0.05) is 17.3 Å². The van der Waals surface area contributed by atoms with E-state index in [4.69, 9.17) is 9.47 Å². The van der Waals surface area contributed by atoms with E-state index in [9.17, 15) is 0 Å². The molecule has 1 aliphatic rings. The van der Waals surface area contributed by atoms with Crippen LogP contribution in [0, 0.1) is 0 Å². The lowest BCUT2D eigenvalue weighted by Gasteiger charge is -2.05. The molecule has 0 unspecified atom stereocenters. The zero-order chi connectivity index (χ0) is 11.9. The third-order valence-corrected chi connectivity index (χ3v) is 2.98. The molecule has 0 fully saturated rings. The molecule has 0 saturated carbocycles. The summed E-state index contributed by atoms with van der Waals surface area (Å²) in [4.78, 5) is 4.12. The van der Waals surface area contributed by atoms with Crippen molar-refractivity contribution in [1.29, 1.82) is 0 Å². The Bertz CT molecular complexity index is 736. The van der Waals surface area contributed by atoms with Crippen molar-refractivity contribution in [1.82, 2.24) is 14.6 Å². The number of aromatic nitrogens is 3. The maximum Gasteiger partial charge on any atom is 0.231 e. The largest absolute Gasteiger partial charge is 0.454 e. The van der Waals surface area contributed by atoms with Crippen LogP contribution in [0.3, 0.4) is 0 Å². The molecule has 0 atom stereocenters. The van der Waals surface area contributed by atoms with Crippen LogP contribution in [0.4, 0.5) is 0 Å². The molecule has 3 heterocycles. The average molecular weight is 239 g/mol. The van der Waals surface area contributed by atoms with Gasteiger partial charge in [-0.3, -0.25) is 0 Å². The first-order valence-electron chi connectivity index (χ1n) is 5.60.